The van der Waals surface area contributed by atoms with Crippen molar-refractivity contribution in [3.63, 3.8) is 0 Å². The van der Waals surface area contributed by atoms with E-state index in [0.717, 1.165) is 12.1 Å². The van der Waals surface area contributed by atoms with Crippen molar-refractivity contribution in [3.05, 3.63) is 94.4 Å². The summed E-state index contributed by atoms with van der Waals surface area (Å²) in [5, 5.41) is 7.72. The van der Waals surface area contributed by atoms with Gasteiger partial charge in [-0.05, 0) is 55.0 Å². The molecule has 1 amide bonds. The topological polar surface area (TPSA) is 110 Å². The van der Waals surface area contributed by atoms with E-state index in [0.29, 0.717) is 35.5 Å². The normalized spacial score (nSPS) is 11.4. The summed E-state index contributed by atoms with van der Waals surface area (Å²) in [6.07, 6.45) is 0.661. The van der Waals surface area contributed by atoms with E-state index in [1.54, 1.807) is 24.3 Å². The van der Waals surface area contributed by atoms with Crippen LogP contribution in [0.15, 0.2) is 76.4 Å². The minimum Gasteiger partial charge on any atom is -0.321 e. The van der Waals surface area contributed by atoms with Gasteiger partial charge < -0.3 is 5.32 Å². The van der Waals surface area contributed by atoms with E-state index in [2.05, 4.69) is 15.1 Å². The van der Waals surface area contributed by atoms with Crippen molar-refractivity contribution in [2.24, 2.45) is 0 Å². The molecule has 3 aromatic carbocycles. The Bertz CT molecular complexity index is 1590. The number of fused-ring (bicyclic) bond motifs is 1. The number of carbonyl (C=O) groups excluding carboxylic acids is 1. The highest BCUT2D eigenvalue weighted by atomic mass is 32.2. The molecule has 0 aliphatic heterocycles. The fourth-order valence-corrected chi connectivity index (χ4v) is 4.51. The van der Waals surface area contributed by atoms with Crippen LogP contribution in [-0.4, -0.2) is 24.1 Å². The van der Waals surface area contributed by atoms with E-state index in [1.807, 2.05) is 6.92 Å². The number of sulfonamides is 1. The summed E-state index contributed by atoms with van der Waals surface area (Å²) < 4.78 is 54.9. The van der Waals surface area contributed by atoms with Gasteiger partial charge in [0.25, 0.3) is 21.5 Å². The molecule has 4 rings (SSSR count). The summed E-state index contributed by atoms with van der Waals surface area (Å²) in [6.45, 7) is 2.25. The number of hydrogen-bond donors (Lipinski definition) is 2. The highest BCUT2D eigenvalue weighted by molar-refractivity contribution is 7.92. The third kappa shape index (κ3) is 5.04. The van der Waals surface area contributed by atoms with Crippen molar-refractivity contribution < 1.29 is 22.0 Å². The molecule has 2 N–H and O–H groups in total. The van der Waals surface area contributed by atoms with Crippen LogP contribution in [0.3, 0.4) is 0 Å². The van der Waals surface area contributed by atoms with Crippen LogP contribution < -0.4 is 15.6 Å². The van der Waals surface area contributed by atoms with Gasteiger partial charge in [0, 0.05) is 23.3 Å². The summed E-state index contributed by atoms with van der Waals surface area (Å²) in [6, 6.07) is 14.7. The predicted molar refractivity (Wildman–Crippen MR) is 128 cm³/mol. The second kappa shape index (κ2) is 9.63. The highest BCUT2D eigenvalue weighted by Gasteiger charge is 2.18. The molecule has 0 unspecified atom stereocenters. The average molecular weight is 499 g/mol. The molecule has 0 atom stereocenters. The number of nitrogens with zero attached hydrogens (tertiary/aromatic N) is 2. The molecule has 35 heavy (non-hydrogen) atoms. The standard InChI is InChI=1S/C24H20F2N4O4S/c1-2-13-30-24(32)19-6-4-3-5-18(19)22(28-30)23(31)27-15-7-9-16(10-8-15)29-35(33,34)17-11-12-20(25)21(26)14-17/h3-12,14,29H,2,13H2,1H3,(H,27,31). The number of halogens is 2. The Morgan fingerprint density at radius 3 is 2.26 bits per heavy atom. The molecule has 11 heteroatoms. The van der Waals surface area contributed by atoms with Gasteiger partial charge in [0.2, 0.25) is 0 Å². The molecule has 0 spiro atoms. The largest absolute Gasteiger partial charge is 0.321 e. The van der Waals surface area contributed by atoms with Gasteiger partial charge in [-0.2, -0.15) is 5.10 Å². The molecule has 180 valence electrons. The van der Waals surface area contributed by atoms with E-state index in [1.165, 1.54) is 28.9 Å². The van der Waals surface area contributed by atoms with Crippen molar-refractivity contribution in [2.75, 3.05) is 10.0 Å². The fraction of sp³-hybridized carbons (Fsp3) is 0.125. The Balaban J connectivity index is 1.56. The van der Waals surface area contributed by atoms with Gasteiger partial charge in [0.1, 0.15) is 0 Å². The minimum absolute atomic E-state index is 0.0803. The second-order valence-corrected chi connectivity index (χ2v) is 9.32. The first-order chi connectivity index (χ1) is 16.7. The third-order valence-corrected chi connectivity index (χ3v) is 6.49. The van der Waals surface area contributed by atoms with Crippen LogP contribution in [-0.2, 0) is 16.6 Å². The van der Waals surface area contributed by atoms with Crippen LogP contribution in [0.2, 0.25) is 0 Å². The van der Waals surface area contributed by atoms with Gasteiger partial charge in [0.15, 0.2) is 17.3 Å². The van der Waals surface area contributed by atoms with Gasteiger partial charge in [-0.3, -0.25) is 14.3 Å². The minimum atomic E-state index is -4.16. The molecular weight excluding hydrogens is 478 g/mol. The lowest BCUT2D eigenvalue weighted by molar-refractivity contribution is 0.102. The van der Waals surface area contributed by atoms with Gasteiger partial charge in [0.05, 0.1) is 10.3 Å². The van der Waals surface area contributed by atoms with Crippen molar-refractivity contribution in [2.45, 2.75) is 24.8 Å². The van der Waals surface area contributed by atoms with E-state index in [4.69, 9.17) is 0 Å². The van der Waals surface area contributed by atoms with Crippen LogP contribution in [0.4, 0.5) is 20.2 Å². The number of benzene rings is 3. The molecule has 4 aromatic rings. The number of hydrogen-bond acceptors (Lipinski definition) is 5. The van der Waals surface area contributed by atoms with Crippen LogP contribution in [0.5, 0.6) is 0 Å². The Morgan fingerprint density at radius 1 is 0.943 bits per heavy atom. The first-order valence-electron chi connectivity index (χ1n) is 10.6. The monoisotopic (exact) mass is 498 g/mol. The summed E-state index contributed by atoms with van der Waals surface area (Å²) >= 11 is 0. The molecule has 0 radical (unpaired) electrons. The fourth-order valence-electron chi connectivity index (χ4n) is 3.44. The lowest BCUT2D eigenvalue weighted by Gasteiger charge is -2.12. The Hall–Kier alpha value is -4.12. The van der Waals surface area contributed by atoms with E-state index < -0.39 is 32.5 Å². The Labute approximate surface area is 199 Å². The van der Waals surface area contributed by atoms with E-state index in [-0.39, 0.29) is 16.9 Å². The van der Waals surface area contributed by atoms with Gasteiger partial charge >= 0.3 is 0 Å². The molecule has 8 nitrogen and oxygen atoms in total. The SMILES string of the molecule is CCCn1nc(C(=O)Nc2ccc(NS(=O)(=O)c3ccc(F)c(F)c3)cc2)c2ccccc2c1=O. The summed E-state index contributed by atoms with van der Waals surface area (Å²) in [5.74, 6) is -2.98. The Morgan fingerprint density at radius 2 is 1.60 bits per heavy atom. The van der Waals surface area contributed by atoms with Crippen molar-refractivity contribution in [1.29, 1.82) is 0 Å². The molecule has 0 aliphatic carbocycles. The molecule has 0 fully saturated rings. The summed E-state index contributed by atoms with van der Waals surface area (Å²) in [5.41, 5.74) is 0.297. The van der Waals surface area contributed by atoms with E-state index >= 15 is 0 Å². The quantitative estimate of drug-likeness (QED) is 0.398. The molecule has 0 saturated carbocycles. The number of aromatic nitrogens is 2. The van der Waals surface area contributed by atoms with Crippen LogP contribution >= 0.6 is 0 Å². The molecular formula is C24H20F2N4O4S. The number of aryl methyl sites for hydroxylation is 1. The Kier molecular flexibility index (Phi) is 6.61. The number of rotatable bonds is 7. The number of nitrogens with one attached hydrogen (secondary N) is 2. The second-order valence-electron chi connectivity index (χ2n) is 7.64. The molecule has 0 bridgehead atoms. The van der Waals surface area contributed by atoms with Crippen LogP contribution in [0.25, 0.3) is 10.8 Å². The predicted octanol–water partition coefficient (Wildman–Crippen LogP) is 4.14. The number of amides is 1. The highest BCUT2D eigenvalue weighted by Crippen LogP contribution is 2.21. The maximum atomic E-state index is 13.4. The zero-order valence-corrected chi connectivity index (χ0v) is 19.3. The van der Waals surface area contributed by atoms with E-state index in [9.17, 15) is 26.8 Å². The average Bonchev–Trinajstić information content (AvgIpc) is 2.83. The maximum absolute atomic E-state index is 13.4. The van der Waals surface area contributed by atoms with Crippen LogP contribution in [0, 0.1) is 11.6 Å². The summed E-state index contributed by atoms with van der Waals surface area (Å²) in [4.78, 5) is 25.2. The lowest BCUT2D eigenvalue weighted by atomic mass is 10.1. The van der Waals surface area contributed by atoms with Crippen molar-refractivity contribution in [1.82, 2.24) is 9.78 Å². The number of anilines is 2. The lowest BCUT2D eigenvalue weighted by Crippen LogP contribution is -2.27. The molecule has 1 aromatic heterocycles. The zero-order valence-electron chi connectivity index (χ0n) is 18.5. The first-order valence-corrected chi connectivity index (χ1v) is 12.1. The molecule has 0 aliphatic rings. The maximum Gasteiger partial charge on any atom is 0.276 e. The number of carbonyl (C=O) groups is 1. The zero-order chi connectivity index (χ0) is 25.2. The molecule has 0 saturated heterocycles. The third-order valence-electron chi connectivity index (χ3n) is 5.11. The molecule has 1 heterocycles. The smallest absolute Gasteiger partial charge is 0.276 e. The van der Waals surface area contributed by atoms with Crippen molar-refractivity contribution in [3.8, 4) is 0 Å². The van der Waals surface area contributed by atoms with Gasteiger partial charge in [-0.25, -0.2) is 21.9 Å². The summed E-state index contributed by atoms with van der Waals surface area (Å²) in [7, 11) is -4.16. The van der Waals surface area contributed by atoms with Gasteiger partial charge in [-0.15, -0.1) is 0 Å². The van der Waals surface area contributed by atoms with Gasteiger partial charge in [-0.1, -0.05) is 25.1 Å². The van der Waals surface area contributed by atoms with Crippen molar-refractivity contribution >= 4 is 38.1 Å². The van der Waals surface area contributed by atoms with Crippen LogP contribution in [0.1, 0.15) is 23.8 Å². The first kappa shape index (κ1) is 24.0.